The number of nitrogens with zero attached hydrogens (tertiary/aromatic N) is 3. The average Bonchev–Trinajstić information content (AvgIpc) is 3.21. The van der Waals surface area contributed by atoms with Crippen LogP contribution in [0.4, 0.5) is 0 Å². The summed E-state index contributed by atoms with van der Waals surface area (Å²) >= 11 is 6.48. The number of nitrogens with one attached hydrogen (secondary N) is 1. The van der Waals surface area contributed by atoms with Gasteiger partial charge in [-0.15, -0.1) is 0 Å². The van der Waals surface area contributed by atoms with Gasteiger partial charge >= 0.3 is 0 Å². The van der Waals surface area contributed by atoms with Crippen molar-refractivity contribution in [3.63, 3.8) is 0 Å². The highest BCUT2D eigenvalue weighted by Gasteiger charge is 2.25. The van der Waals surface area contributed by atoms with Gasteiger partial charge in [-0.05, 0) is 66.7 Å². The third-order valence-electron chi connectivity index (χ3n) is 6.72. The number of amides is 1. The maximum Gasteiger partial charge on any atom is 0.223 e. The number of benzene rings is 2. The highest BCUT2D eigenvalue weighted by Crippen LogP contribution is 2.26. The van der Waals surface area contributed by atoms with Gasteiger partial charge < -0.3 is 9.88 Å². The second kappa shape index (κ2) is 10.4. The van der Waals surface area contributed by atoms with Gasteiger partial charge in [0.1, 0.15) is 0 Å². The van der Waals surface area contributed by atoms with E-state index in [4.69, 9.17) is 11.6 Å². The fourth-order valence-electron chi connectivity index (χ4n) is 4.80. The molecule has 0 bridgehead atoms. The van der Waals surface area contributed by atoms with Gasteiger partial charge in [-0.2, -0.15) is 0 Å². The van der Waals surface area contributed by atoms with Crippen molar-refractivity contribution >= 4 is 28.4 Å². The Morgan fingerprint density at radius 3 is 2.59 bits per heavy atom. The van der Waals surface area contributed by atoms with E-state index in [0.717, 1.165) is 55.2 Å². The van der Waals surface area contributed by atoms with Crippen molar-refractivity contribution in [3.8, 4) is 0 Å². The minimum atomic E-state index is 0.0712. The third kappa shape index (κ3) is 5.16. The lowest BCUT2D eigenvalue weighted by molar-refractivity contribution is -0.126. The molecule has 174 valence electrons. The number of carbonyl (C=O) groups is 1. The molecule has 4 aromatic rings. The minimum absolute atomic E-state index is 0.0712. The van der Waals surface area contributed by atoms with Gasteiger partial charge in [0.05, 0.1) is 0 Å². The van der Waals surface area contributed by atoms with E-state index in [1.54, 1.807) is 12.4 Å². The molecule has 0 spiro atoms. The number of piperidine rings is 1. The largest absolute Gasteiger partial charge is 0.352 e. The van der Waals surface area contributed by atoms with E-state index in [0.29, 0.717) is 6.54 Å². The summed E-state index contributed by atoms with van der Waals surface area (Å²) in [5.41, 5.74) is 4.65. The van der Waals surface area contributed by atoms with E-state index in [-0.39, 0.29) is 11.8 Å². The normalized spacial score (nSPS) is 15.0. The quantitative estimate of drug-likeness (QED) is 0.399. The zero-order chi connectivity index (χ0) is 23.3. The van der Waals surface area contributed by atoms with Crippen molar-refractivity contribution in [1.29, 1.82) is 0 Å². The second-order valence-electron chi connectivity index (χ2n) is 9.00. The lowest BCUT2D eigenvalue weighted by Gasteiger charge is -2.31. The molecule has 0 radical (unpaired) electrons. The van der Waals surface area contributed by atoms with E-state index in [1.165, 1.54) is 16.6 Å². The Bertz CT molecular complexity index is 1260. The summed E-state index contributed by atoms with van der Waals surface area (Å²) in [5.74, 6) is 0.221. The van der Waals surface area contributed by atoms with Crippen LogP contribution in [0, 0.1) is 5.92 Å². The van der Waals surface area contributed by atoms with Crippen LogP contribution in [0.2, 0.25) is 5.02 Å². The SMILES string of the molecule is O=C(NCc1cccnc1)C1CCN(Cc2cc3ccccc3n2Cc2ccccc2Cl)CC1. The smallest absolute Gasteiger partial charge is 0.223 e. The van der Waals surface area contributed by atoms with Crippen LogP contribution in [-0.4, -0.2) is 33.4 Å². The van der Waals surface area contributed by atoms with Crippen molar-refractivity contribution < 1.29 is 4.79 Å². The molecule has 2 aromatic heterocycles. The first-order valence-electron chi connectivity index (χ1n) is 11.9. The monoisotopic (exact) mass is 472 g/mol. The molecule has 0 atom stereocenters. The Balaban J connectivity index is 1.24. The second-order valence-corrected chi connectivity index (χ2v) is 9.41. The van der Waals surface area contributed by atoms with Gasteiger partial charge in [-0.1, -0.05) is 54.1 Å². The first-order chi connectivity index (χ1) is 16.7. The molecule has 0 saturated carbocycles. The number of aromatic nitrogens is 2. The number of hydrogen-bond donors (Lipinski definition) is 1. The highest BCUT2D eigenvalue weighted by molar-refractivity contribution is 6.31. The number of likely N-dealkylation sites (tertiary alicyclic amines) is 1. The predicted molar refractivity (Wildman–Crippen MR) is 137 cm³/mol. The number of carbonyl (C=O) groups excluding carboxylic acids is 1. The van der Waals surface area contributed by atoms with Gasteiger partial charge in [-0.3, -0.25) is 14.7 Å². The molecule has 1 N–H and O–H groups in total. The summed E-state index contributed by atoms with van der Waals surface area (Å²) in [6.45, 7) is 3.98. The maximum absolute atomic E-state index is 12.7. The van der Waals surface area contributed by atoms with E-state index in [1.807, 2.05) is 30.3 Å². The maximum atomic E-state index is 12.7. The fraction of sp³-hybridized carbons (Fsp3) is 0.286. The number of rotatable bonds is 7. The number of fused-ring (bicyclic) bond motifs is 1. The number of para-hydroxylation sites is 1. The predicted octanol–water partition coefficient (Wildman–Crippen LogP) is 5.27. The number of halogens is 1. The molecule has 0 unspecified atom stereocenters. The fourth-order valence-corrected chi connectivity index (χ4v) is 5.00. The van der Waals surface area contributed by atoms with Crippen molar-refractivity contribution in [1.82, 2.24) is 19.8 Å². The standard InChI is InChI=1S/C28H29ClN4O/c29-26-9-3-1-8-24(26)19-33-25(16-23-7-2-4-10-27(23)33)20-32-14-11-22(12-15-32)28(34)31-18-21-6-5-13-30-17-21/h1-10,13,16-17,22H,11-12,14-15,18-20H2,(H,31,34). The molecule has 34 heavy (non-hydrogen) atoms. The molecule has 2 aromatic carbocycles. The molecule has 1 amide bonds. The van der Waals surface area contributed by atoms with Gasteiger partial charge in [0.15, 0.2) is 0 Å². The molecule has 1 aliphatic rings. The summed E-state index contributed by atoms with van der Waals surface area (Å²) < 4.78 is 2.38. The Morgan fingerprint density at radius 2 is 1.79 bits per heavy atom. The summed E-state index contributed by atoms with van der Waals surface area (Å²) in [4.78, 5) is 19.2. The van der Waals surface area contributed by atoms with Crippen LogP contribution in [0.25, 0.3) is 10.9 Å². The van der Waals surface area contributed by atoms with Crippen molar-refractivity contribution in [2.24, 2.45) is 5.92 Å². The Hall–Kier alpha value is -3.15. The van der Waals surface area contributed by atoms with Crippen LogP contribution in [-0.2, 0) is 24.4 Å². The van der Waals surface area contributed by atoms with Gasteiger partial charge in [0.2, 0.25) is 5.91 Å². The number of hydrogen-bond acceptors (Lipinski definition) is 3. The van der Waals surface area contributed by atoms with Crippen LogP contribution in [0.1, 0.15) is 29.7 Å². The Kier molecular flexibility index (Phi) is 6.93. The van der Waals surface area contributed by atoms with E-state index >= 15 is 0 Å². The summed E-state index contributed by atoms with van der Waals surface area (Å²) in [5, 5.41) is 5.12. The molecule has 5 rings (SSSR count). The topological polar surface area (TPSA) is 50.2 Å². The molecule has 1 fully saturated rings. The summed E-state index contributed by atoms with van der Waals surface area (Å²) in [6, 6.07) is 22.7. The van der Waals surface area contributed by atoms with Crippen molar-refractivity contribution in [2.45, 2.75) is 32.5 Å². The van der Waals surface area contributed by atoms with Crippen LogP contribution in [0.3, 0.4) is 0 Å². The van der Waals surface area contributed by atoms with Gasteiger partial charge in [0.25, 0.3) is 0 Å². The molecule has 6 heteroatoms. The zero-order valence-electron chi connectivity index (χ0n) is 19.2. The highest BCUT2D eigenvalue weighted by atomic mass is 35.5. The van der Waals surface area contributed by atoms with Crippen LogP contribution < -0.4 is 5.32 Å². The lowest BCUT2D eigenvalue weighted by Crippen LogP contribution is -2.40. The number of pyridine rings is 1. The first kappa shape index (κ1) is 22.6. The van der Waals surface area contributed by atoms with E-state index < -0.39 is 0 Å². The average molecular weight is 473 g/mol. The van der Waals surface area contributed by atoms with Crippen molar-refractivity contribution in [3.05, 3.63) is 101 Å². The van der Waals surface area contributed by atoms with E-state index in [9.17, 15) is 4.79 Å². The Morgan fingerprint density at radius 1 is 1.00 bits per heavy atom. The van der Waals surface area contributed by atoms with E-state index in [2.05, 4.69) is 56.2 Å². The Labute approximate surface area is 205 Å². The van der Waals surface area contributed by atoms with Crippen LogP contribution in [0.15, 0.2) is 79.1 Å². The summed E-state index contributed by atoms with van der Waals surface area (Å²) in [7, 11) is 0. The first-order valence-corrected chi connectivity index (χ1v) is 12.2. The third-order valence-corrected chi connectivity index (χ3v) is 7.08. The van der Waals surface area contributed by atoms with Crippen LogP contribution >= 0.6 is 11.6 Å². The zero-order valence-corrected chi connectivity index (χ0v) is 19.9. The minimum Gasteiger partial charge on any atom is -0.352 e. The van der Waals surface area contributed by atoms with Crippen LogP contribution in [0.5, 0.6) is 0 Å². The molecule has 5 nitrogen and oxygen atoms in total. The molecule has 1 saturated heterocycles. The van der Waals surface area contributed by atoms with Gasteiger partial charge in [0, 0.05) is 54.2 Å². The molecular weight excluding hydrogens is 444 g/mol. The molecule has 3 heterocycles. The molecular formula is C28H29ClN4O. The summed E-state index contributed by atoms with van der Waals surface area (Å²) in [6.07, 6.45) is 5.30. The molecule has 1 aliphatic heterocycles. The lowest BCUT2D eigenvalue weighted by atomic mass is 9.95. The van der Waals surface area contributed by atoms with Crippen molar-refractivity contribution in [2.75, 3.05) is 13.1 Å². The van der Waals surface area contributed by atoms with Gasteiger partial charge in [-0.25, -0.2) is 0 Å². The molecule has 0 aliphatic carbocycles.